The van der Waals surface area contributed by atoms with Crippen LogP contribution >= 0.6 is 0 Å². The SMILES string of the molecule is C[C@H]1COCCN1c1nc(-c2cnc(N)nc2)c2c(n1)N(C(C)(C)C)CC2. The minimum absolute atomic E-state index is 0.0115. The summed E-state index contributed by atoms with van der Waals surface area (Å²) < 4.78 is 5.59. The van der Waals surface area contributed by atoms with Gasteiger partial charge in [0.15, 0.2) is 0 Å². The molecule has 0 aromatic carbocycles. The van der Waals surface area contributed by atoms with E-state index in [9.17, 15) is 0 Å². The number of aromatic nitrogens is 4. The molecule has 0 bridgehead atoms. The molecule has 0 spiro atoms. The predicted molar refractivity (Wildman–Crippen MR) is 106 cm³/mol. The number of anilines is 3. The maximum Gasteiger partial charge on any atom is 0.228 e. The second-order valence-corrected chi connectivity index (χ2v) is 8.19. The van der Waals surface area contributed by atoms with Crippen LogP contribution in [0.3, 0.4) is 0 Å². The van der Waals surface area contributed by atoms with Crippen LogP contribution < -0.4 is 15.5 Å². The Morgan fingerprint density at radius 2 is 1.89 bits per heavy atom. The molecule has 8 heteroatoms. The average Bonchev–Trinajstić information content (AvgIpc) is 3.06. The third-order valence-electron chi connectivity index (χ3n) is 5.19. The van der Waals surface area contributed by atoms with Crippen molar-refractivity contribution in [2.75, 3.05) is 41.8 Å². The van der Waals surface area contributed by atoms with E-state index in [1.54, 1.807) is 12.4 Å². The Labute approximate surface area is 159 Å². The lowest BCUT2D eigenvalue weighted by Gasteiger charge is -2.36. The minimum atomic E-state index is -0.0115. The molecule has 2 aliphatic rings. The third kappa shape index (κ3) is 3.29. The number of ether oxygens (including phenoxy) is 1. The highest BCUT2D eigenvalue weighted by Gasteiger charge is 2.34. The van der Waals surface area contributed by atoms with Gasteiger partial charge < -0.3 is 20.3 Å². The van der Waals surface area contributed by atoms with Crippen molar-refractivity contribution in [2.24, 2.45) is 0 Å². The zero-order valence-corrected chi connectivity index (χ0v) is 16.4. The molecule has 144 valence electrons. The molecule has 2 aromatic heterocycles. The van der Waals surface area contributed by atoms with Gasteiger partial charge in [0, 0.05) is 42.1 Å². The van der Waals surface area contributed by atoms with Gasteiger partial charge in [-0.05, 0) is 34.1 Å². The van der Waals surface area contributed by atoms with Crippen LogP contribution in [0.2, 0.25) is 0 Å². The van der Waals surface area contributed by atoms with Crippen LogP contribution in [-0.2, 0) is 11.2 Å². The van der Waals surface area contributed by atoms with Gasteiger partial charge in [0.1, 0.15) is 5.82 Å². The second kappa shape index (κ2) is 6.60. The van der Waals surface area contributed by atoms with Gasteiger partial charge >= 0.3 is 0 Å². The number of rotatable bonds is 2. The number of hydrogen-bond donors (Lipinski definition) is 1. The summed E-state index contributed by atoms with van der Waals surface area (Å²) >= 11 is 0. The number of nitrogen functional groups attached to an aromatic ring is 1. The maximum atomic E-state index is 5.68. The third-order valence-corrected chi connectivity index (χ3v) is 5.19. The summed E-state index contributed by atoms with van der Waals surface area (Å²) in [6, 6.07) is 0.233. The van der Waals surface area contributed by atoms with Crippen molar-refractivity contribution in [1.29, 1.82) is 0 Å². The Hall–Kier alpha value is -2.48. The standard InChI is InChI=1S/C19H27N7O/c1-12-11-27-8-7-25(12)18-23-15(13-9-21-17(20)22-10-13)14-5-6-26(16(14)24-18)19(2,3)4/h9-10,12H,5-8,11H2,1-4H3,(H2,20,21,22)/t12-/m0/s1. The Morgan fingerprint density at radius 1 is 1.15 bits per heavy atom. The summed E-state index contributed by atoms with van der Waals surface area (Å²) in [7, 11) is 0. The van der Waals surface area contributed by atoms with E-state index < -0.39 is 0 Å². The molecule has 8 nitrogen and oxygen atoms in total. The van der Waals surface area contributed by atoms with Crippen molar-refractivity contribution in [2.45, 2.75) is 45.7 Å². The highest BCUT2D eigenvalue weighted by atomic mass is 16.5. The minimum Gasteiger partial charge on any atom is -0.377 e. The number of hydrogen-bond acceptors (Lipinski definition) is 8. The molecule has 2 aromatic rings. The van der Waals surface area contributed by atoms with E-state index in [0.717, 1.165) is 48.1 Å². The highest BCUT2D eigenvalue weighted by molar-refractivity contribution is 5.73. The Kier molecular flexibility index (Phi) is 4.38. The summed E-state index contributed by atoms with van der Waals surface area (Å²) in [5.74, 6) is 2.02. The smallest absolute Gasteiger partial charge is 0.228 e. The van der Waals surface area contributed by atoms with E-state index in [2.05, 4.69) is 47.5 Å². The van der Waals surface area contributed by atoms with E-state index in [0.29, 0.717) is 13.2 Å². The van der Waals surface area contributed by atoms with Gasteiger partial charge in [-0.3, -0.25) is 0 Å². The number of nitrogens with zero attached hydrogens (tertiary/aromatic N) is 6. The van der Waals surface area contributed by atoms with E-state index in [4.69, 9.17) is 20.4 Å². The molecule has 0 amide bonds. The van der Waals surface area contributed by atoms with Gasteiger partial charge in [-0.2, -0.15) is 4.98 Å². The van der Waals surface area contributed by atoms with Gasteiger partial charge in [-0.25, -0.2) is 15.0 Å². The summed E-state index contributed by atoms with van der Waals surface area (Å²) in [6.07, 6.45) is 4.40. The van der Waals surface area contributed by atoms with Crippen LogP contribution in [0.5, 0.6) is 0 Å². The summed E-state index contributed by atoms with van der Waals surface area (Å²) in [5.41, 5.74) is 8.60. The lowest BCUT2D eigenvalue weighted by molar-refractivity contribution is 0.0981. The van der Waals surface area contributed by atoms with Crippen LogP contribution in [-0.4, -0.2) is 57.8 Å². The molecule has 0 saturated carbocycles. The van der Waals surface area contributed by atoms with Crippen molar-refractivity contribution in [3.63, 3.8) is 0 Å². The molecule has 2 N–H and O–H groups in total. The van der Waals surface area contributed by atoms with Gasteiger partial charge in [0.2, 0.25) is 11.9 Å². The Balaban J connectivity index is 1.86. The fourth-order valence-electron chi connectivity index (χ4n) is 3.75. The first kappa shape index (κ1) is 17.9. The first-order valence-electron chi connectivity index (χ1n) is 9.45. The largest absolute Gasteiger partial charge is 0.377 e. The normalized spacial score (nSPS) is 20.1. The molecule has 1 fully saturated rings. The first-order chi connectivity index (χ1) is 12.8. The molecule has 0 aliphatic carbocycles. The molecule has 2 aliphatic heterocycles. The summed E-state index contributed by atoms with van der Waals surface area (Å²) in [6.45, 7) is 11.9. The van der Waals surface area contributed by atoms with Crippen molar-refractivity contribution < 1.29 is 4.74 Å². The maximum absolute atomic E-state index is 5.68. The van der Waals surface area contributed by atoms with E-state index in [1.165, 1.54) is 0 Å². The zero-order valence-electron chi connectivity index (χ0n) is 16.4. The number of nitrogens with two attached hydrogens (primary N) is 1. The summed E-state index contributed by atoms with van der Waals surface area (Å²) in [4.78, 5) is 22.9. The van der Waals surface area contributed by atoms with E-state index in [-0.39, 0.29) is 17.5 Å². The number of fused-ring (bicyclic) bond motifs is 1. The van der Waals surface area contributed by atoms with Gasteiger partial charge in [-0.1, -0.05) is 0 Å². The first-order valence-corrected chi connectivity index (χ1v) is 9.45. The highest BCUT2D eigenvalue weighted by Crippen LogP contribution is 2.38. The molecular weight excluding hydrogens is 342 g/mol. The number of morpholine rings is 1. The molecule has 0 radical (unpaired) electrons. The molecule has 1 atom stereocenters. The van der Waals surface area contributed by atoms with Crippen molar-refractivity contribution in [3.05, 3.63) is 18.0 Å². The lowest BCUT2D eigenvalue weighted by atomic mass is 10.1. The zero-order chi connectivity index (χ0) is 19.2. The van der Waals surface area contributed by atoms with Crippen LogP contribution in [0.1, 0.15) is 33.3 Å². The Bertz CT molecular complexity index is 831. The predicted octanol–water partition coefficient (Wildman–Crippen LogP) is 1.90. The van der Waals surface area contributed by atoms with Gasteiger partial charge in [0.05, 0.1) is 24.9 Å². The van der Waals surface area contributed by atoms with Gasteiger partial charge in [-0.15, -0.1) is 0 Å². The van der Waals surface area contributed by atoms with Crippen molar-refractivity contribution in [3.8, 4) is 11.3 Å². The molecule has 4 rings (SSSR count). The van der Waals surface area contributed by atoms with Crippen LogP contribution in [0, 0.1) is 0 Å². The van der Waals surface area contributed by atoms with Crippen LogP contribution in [0.25, 0.3) is 11.3 Å². The molecular formula is C19H27N7O. The molecule has 27 heavy (non-hydrogen) atoms. The van der Waals surface area contributed by atoms with Gasteiger partial charge in [0.25, 0.3) is 0 Å². The molecule has 1 saturated heterocycles. The molecule has 0 unspecified atom stereocenters. The summed E-state index contributed by atoms with van der Waals surface area (Å²) in [5, 5.41) is 0. The lowest BCUT2D eigenvalue weighted by Crippen LogP contribution is -2.45. The van der Waals surface area contributed by atoms with Crippen LogP contribution in [0.4, 0.5) is 17.7 Å². The van der Waals surface area contributed by atoms with E-state index >= 15 is 0 Å². The topological polar surface area (TPSA) is 93.3 Å². The fourth-order valence-corrected chi connectivity index (χ4v) is 3.75. The molecule has 4 heterocycles. The van der Waals surface area contributed by atoms with Crippen molar-refractivity contribution >= 4 is 17.7 Å². The van der Waals surface area contributed by atoms with Crippen molar-refractivity contribution in [1.82, 2.24) is 19.9 Å². The Morgan fingerprint density at radius 3 is 2.56 bits per heavy atom. The van der Waals surface area contributed by atoms with E-state index in [1.807, 2.05) is 0 Å². The monoisotopic (exact) mass is 369 g/mol. The fraction of sp³-hybridized carbons (Fsp3) is 0.579. The average molecular weight is 369 g/mol. The van der Waals surface area contributed by atoms with Crippen LogP contribution in [0.15, 0.2) is 12.4 Å². The quantitative estimate of drug-likeness (QED) is 0.858. The second-order valence-electron chi connectivity index (χ2n) is 8.19.